The Morgan fingerprint density at radius 2 is 2.08 bits per heavy atom. The van der Waals surface area contributed by atoms with Crippen LogP contribution < -0.4 is 5.84 Å². The number of benzene rings is 1. The largest absolute Gasteiger partial charge is 0.323 e. The van der Waals surface area contributed by atoms with Crippen molar-refractivity contribution in [2.45, 2.75) is 19.3 Å². The zero-order valence-corrected chi connectivity index (χ0v) is 8.84. The molecule has 0 amide bonds. The molecule has 0 spiro atoms. The maximum absolute atomic E-state index is 5.27. The van der Waals surface area contributed by atoms with Crippen LogP contribution in [0.25, 0.3) is 0 Å². The Morgan fingerprint density at radius 3 is 2.85 bits per heavy atom. The van der Waals surface area contributed by atoms with Crippen molar-refractivity contribution in [2.75, 3.05) is 0 Å². The SMILES string of the molecule is N/N=C1/CCc2cc(Br)ccc2C1. The van der Waals surface area contributed by atoms with Gasteiger partial charge in [0.15, 0.2) is 0 Å². The summed E-state index contributed by atoms with van der Waals surface area (Å²) in [6, 6.07) is 6.39. The molecule has 0 fully saturated rings. The van der Waals surface area contributed by atoms with Crippen LogP contribution in [0.4, 0.5) is 0 Å². The zero-order valence-electron chi connectivity index (χ0n) is 7.26. The standard InChI is InChI=1S/C10H11BrN2/c11-9-3-1-8-6-10(13-12)4-2-7(8)5-9/h1,3,5H,2,4,6,12H2/b13-10-. The third-order valence-electron chi connectivity index (χ3n) is 2.43. The minimum absolute atomic E-state index is 0.916. The van der Waals surface area contributed by atoms with Crippen LogP contribution in [-0.4, -0.2) is 5.71 Å². The molecule has 1 aliphatic rings. The second kappa shape index (κ2) is 3.50. The Balaban J connectivity index is 2.37. The Kier molecular flexibility index (Phi) is 2.36. The van der Waals surface area contributed by atoms with Gasteiger partial charge in [0, 0.05) is 16.6 Å². The first-order valence-corrected chi connectivity index (χ1v) is 5.12. The third kappa shape index (κ3) is 1.75. The molecule has 0 bridgehead atoms. The molecule has 3 heteroatoms. The summed E-state index contributed by atoms with van der Waals surface area (Å²) in [6.45, 7) is 0. The van der Waals surface area contributed by atoms with Crippen LogP contribution in [0.5, 0.6) is 0 Å². The van der Waals surface area contributed by atoms with E-state index in [0.29, 0.717) is 0 Å². The molecule has 0 atom stereocenters. The van der Waals surface area contributed by atoms with E-state index in [2.05, 4.69) is 39.2 Å². The Bertz CT molecular complexity index is 358. The number of fused-ring (bicyclic) bond motifs is 1. The quantitative estimate of drug-likeness (QED) is 0.547. The van der Waals surface area contributed by atoms with Crippen molar-refractivity contribution in [3.8, 4) is 0 Å². The molecular formula is C10H11BrN2. The minimum atomic E-state index is 0.916. The lowest BCUT2D eigenvalue weighted by Gasteiger charge is -2.16. The Morgan fingerprint density at radius 1 is 1.23 bits per heavy atom. The highest BCUT2D eigenvalue weighted by Crippen LogP contribution is 2.23. The maximum atomic E-state index is 5.27. The predicted octanol–water partition coefficient (Wildman–Crippen LogP) is 2.25. The second-order valence-electron chi connectivity index (χ2n) is 3.29. The van der Waals surface area contributed by atoms with Crippen LogP contribution in [0.15, 0.2) is 27.8 Å². The van der Waals surface area contributed by atoms with Crippen LogP contribution in [-0.2, 0) is 12.8 Å². The normalized spacial score (nSPS) is 18.7. The topological polar surface area (TPSA) is 38.4 Å². The number of rotatable bonds is 0. The highest BCUT2D eigenvalue weighted by molar-refractivity contribution is 9.10. The molecule has 0 saturated carbocycles. The lowest BCUT2D eigenvalue weighted by atomic mass is 9.90. The monoisotopic (exact) mass is 238 g/mol. The van der Waals surface area contributed by atoms with Crippen molar-refractivity contribution in [3.63, 3.8) is 0 Å². The van der Waals surface area contributed by atoms with Gasteiger partial charge in [-0.3, -0.25) is 0 Å². The minimum Gasteiger partial charge on any atom is -0.323 e. The van der Waals surface area contributed by atoms with Gasteiger partial charge in [-0.15, -0.1) is 0 Å². The van der Waals surface area contributed by atoms with Gasteiger partial charge < -0.3 is 5.84 Å². The average Bonchev–Trinajstić information content (AvgIpc) is 2.17. The molecule has 1 aromatic carbocycles. The van der Waals surface area contributed by atoms with E-state index < -0.39 is 0 Å². The number of hydrogen-bond donors (Lipinski definition) is 1. The highest BCUT2D eigenvalue weighted by atomic mass is 79.9. The number of aryl methyl sites for hydroxylation is 1. The van der Waals surface area contributed by atoms with Crippen LogP contribution in [0, 0.1) is 0 Å². The smallest absolute Gasteiger partial charge is 0.0423 e. The average molecular weight is 239 g/mol. The molecule has 0 unspecified atom stereocenters. The van der Waals surface area contributed by atoms with Gasteiger partial charge in [-0.25, -0.2) is 0 Å². The van der Waals surface area contributed by atoms with Gasteiger partial charge in [-0.1, -0.05) is 22.0 Å². The molecular weight excluding hydrogens is 228 g/mol. The Labute approximate surface area is 86.0 Å². The van der Waals surface area contributed by atoms with Gasteiger partial charge in [0.1, 0.15) is 0 Å². The van der Waals surface area contributed by atoms with Gasteiger partial charge in [0.25, 0.3) is 0 Å². The number of hydrazone groups is 1. The Hall–Kier alpha value is -0.830. The molecule has 0 aliphatic heterocycles. The van der Waals surface area contributed by atoms with Gasteiger partial charge in [0.2, 0.25) is 0 Å². The van der Waals surface area contributed by atoms with Gasteiger partial charge in [-0.05, 0) is 36.1 Å². The van der Waals surface area contributed by atoms with Crippen molar-refractivity contribution in [1.29, 1.82) is 0 Å². The van der Waals surface area contributed by atoms with Crippen LogP contribution >= 0.6 is 15.9 Å². The third-order valence-corrected chi connectivity index (χ3v) is 2.92. The molecule has 0 saturated heterocycles. The molecule has 2 rings (SSSR count). The number of nitrogens with zero attached hydrogens (tertiary/aromatic N) is 1. The first kappa shape index (κ1) is 8.75. The molecule has 0 aromatic heterocycles. The second-order valence-corrected chi connectivity index (χ2v) is 4.20. The fourth-order valence-corrected chi connectivity index (χ4v) is 2.11. The van der Waals surface area contributed by atoms with Crippen LogP contribution in [0.2, 0.25) is 0 Å². The highest BCUT2D eigenvalue weighted by Gasteiger charge is 2.13. The molecule has 1 aromatic rings. The maximum Gasteiger partial charge on any atom is 0.0423 e. The molecule has 13 heavy (non-hydrogen) atoms. The summed E-state index contributed by atoms with van der Waals surface area (Å²) in [5.41, 5.74) is 3.88. The zero-order chi connectivity index (χ0) is 9.26. The molecule has 0 heterocycles. The van der Waals surface area contributed by atoms with Gasteiger partial charge in [0.05, 0.1) is 0 Å². The fraction of sp³-hybridized carbons (Fsp3) is 0.300. The van der Waals surface area contributed by atoms with E-state index in [1.165, 1.54) is 11.1 Å². The number of halogens is 1. The first-order valence-electron chi connectivity index (χ1n) is 4.32. The molecule has 2 nitrogen and oxygen atoms in total. The van der Waals surface area contributed by atoms with Gasteiger partial charge >= 0.3 is 0 Å². The van der Waals surface area contributed by atoms with Crippen molar-refractivity contribution in [1.82, 2.24) is 0 Å². The summed E-state index contributed by atoms with van der Waals surface area (Å²) < 4.78 is 1.15. The number of nitrogens with two attached hydrogens (primary N) is 1. The van der Waals surface area contributed by atoms with Crippen molar-refractivity contribution < 1.29 is 0 Å². The summed E-state index contributed by atoms with van der Waals surface area (Å²) >= 11 is 3.47. The van der Waals surface area contributed by atoms with Gasteiger partial charge in [-0.2, -0.15) is 5.10 Å². The van der Waals surface area contributed by atoms with Crippen molar-refractivity contribution >= 4 is 21.6 Å². The summed E-state index contributed by atoms with van der Waals surface area (Å²) in [4.78, 5) is 0. The van der Waals surface area contributed by atoms with E-state index >= 15 is 0 Å². The summed E-state index contributed by atoms with van der Waals surface area (Å²) in [5, 5.41) is 3.77. The summed E-state index contributed by atoms with van der Waals surface area (Å²) in [5.74, 6) is 5.27. The molecule has 0 radical (unpaired) electrons. The van der Waals surface area contributed by atoms with E-state index in [-0.39, 0.29) is 0 Å². The summed E-state index contributed by atoms with van der Waals surface area (Å²) in [7, 11) is 0. The van der Waals surface area contributed by atoms with E-state index in [1.807, 2.05) is 0 Å². The van der Waals surface area contributed by atoms with E-state index in [1.54, 1.807) is 0 Å². The first-order chi connectivity index (χ1) is 6.29. The van der Waals surface area contributed by atoms with E-state index in [9.17, 15) is 0 Å². The molecule has 1 aliphatic carbocycles. The number of hydrogen-bond acceptors (Lipinski definition) is 2. The summed E-state index contributed by atoms with van der Waals surface area (Å²) in [6.07, 6.45) is 2.98. The lowest BCUT2D eigenvalue weighted by molar-refractivity contribution is 0.933. The van der Waals surface area contributed by atoms with Crippen molar-refractivity contribution in [3.05, 3.63) is 33.8 Å². The van der Waals surface area contributed by atoms with E-state index in [4.69, 9.17) is 5.84 Å². The van der Waals surface area contributed by atoms with Crippen molar-refractivity contribution in [2.24, 2.45) is 10.9 Å². The fourth-order valence-electron chi connectivity index (χ4n) is 1.70. The molecule has 2 N–H and O–H groups in total. The van der Waals surface area contributed by atoms with Crippen LogP contribution in [0.1, 0.15) is 17.5 Å². The predicted molar refractivity (Wildman–Crippen MR) is 57.8 cm³/mol. The van der Waals surface area contributed by atoms with Crippen LogP contribution in [0.3, 0.4) is 0 Å². The molecule has 68 valence electrons. The van der Waals surface area contributed by atoms with E-state index in [0.717, 1.165) is 29.4 Å². The lowest BCUT2D eigenvalue weighted by Crippen LogP contribution is -2.15.